The topological polar surface area (TPSA) is 65.5 Å². The van der Waals surface area contributed by atoms with Gasteiger partial charge in [-0.1, -0.05) is 24.8 Å². The molecule has 1 amide bonds. The fourth-order valence-corrected chi connectivity index (χ4v) is 1.14. The lowest BCUT2D eigenvalue weighted by atomic mass is 10.3. The first-order chi connectivity index (χ1) is 7.27. The molecule has 1 aliphatic rings. The fraction of sp³-hybridized carbons (Fsp3) is 0. The number of carbonyl (C=O) groups excluding carboxylic acids is 1. The van der Waals surface area contributed by atoms with Crippen LogP contribution in [-0.4, -0.2) is 11.6 Å². The third-order valence-corrected chi connectivity index (χ3v) is 1.90. The van der Waals surface area contributed by atoms with E-state index >= 15 is 0 Å². The van der Waals surface area contributed by atoms with Gasteiger partial charge in [-0.3, -0.25) is 21.1 Å². The SMILES string of the molecule is C=C1NNC(=O)/C1=N/Nc1ccccc1. The Morgan fingerprint density at radius 3 is 2.53 bits per heavy atom. The number of nitrogens with one attached hydrogen (secondary N) is 3. The highest BCUT2D eigenvalue weighted by molar-refractivity contribution is 6.46. The van der Waals surface area contributed by atoms with E-state index in [2.05, 4.69) is 28.0 Å². The molecular formula is C10H10N4O. The van der Waals surface area contributed by atoms with Crippen LogP contribution in [0.15, 0.2) is 47.7 Å². The number of nitrogens with zero attached hydrogens (tertiary/aromatic N) is 1. The molecule has 0 bridgehead atoms. The van der Waals surface area contributed by atoms with Crippen molar-refractivity contribution in [3.05, 3.63) is 42.6 Å². The largest absolute Gasteiger partial charge is 0.296 e. The number of rotatable bonds is 2. The van der Waals surface area contributed by atoms with Gasteiger partial charge in [-0.05, 0) is 12.1 Å². The van der Waals surface area contributed by atoms with Crippen molar-refractivity contribution >= 4 is 17.3 Å². The van der Waals surface area contributed by atoms with Crippen molar-refractivity contribution < 1.29 is 4.79 Å². The van der Waals surface area contributed by atoms with Crippen molar-refractivity contribution in [1.82, 2.24) is 10.9 Å². The molecule has 3 N–H and O–H groups in total. The number of anilines is 1. The summed E-state index contributed by atoms with van der Waals surface area (Å²) in [7, 11) is 0. The molecule has 0 saturated carbocycles. The van der Waals surface area contributed by atoms with Crippen molar-refractivity contribution in [3.63, 3.8) is 0 Å². The van der Waals surface area contributed by atoms with E-state index in [1.165, 1.54) is 0 Å². The summed E-state index contributed by atoms with van der Waals surface area (Å²) in [6, 6.07) is 9.37. The van der Waals surface area contributed by atoms with E-state index in [0.29, 0.717) is 5.70 Å². The maximum atomic E-state index is 11.2. The third kappa shape index (κ3) is 1.96. The first-order valence-corrected chi connectivity index (χ1v) is 4.42. The zero-order chi connectivity index (χ0) is 10.7. The second-order valence-corrected chi connectivity index (χ2v) is 3.00. The first-order valence-electron chi connectivity index (χ1n) is 4.42. The van der Waals surface area contributed by atoms with Crippen LogP contribution in [0.4, 0.5) is 5.69 Å². The number of amides is 1. The lowest BCUT2D eigenvalue weighted by molar-refractivity contribution is -0.114. The lowest BCUT2D eigenvalue weighted by Gasteiger charge is -1.99. The summed E-state index contributed by atoms with van der Waals surface area (Å²) in [5.74, 6) is -0.288. The molecule has 1 aromatic rings. The molecule has 1 aromatic carbocycles. The molecule has 0 aromatic heterocycles. The molecule has 76 valence electrons. The van der Waals surface area contributed by atoms with Crippen LogP contribution in [0.25, 0.3) is 0 Å². The van der Waals surface area contributed by atoms with Crippen LogP contribution in [0.3, 0.4) is 0 Å². The second-order valence-electron chi connectivity index (χ2n) is 3.00. The van der Waals surface area contributed by atoms with Gasteiger partial charge in [0.15, 0.2) is 5.71 Å². The Morgan fingerprint density at radius 1 is 1.20 bits per heavy atom. The summed E-state index contributed by atoms with van der Waals surface area (Å²) in [5, 5.41) is 3.95. The summed E-state index contributed by atoms with van der Waals surface area (Å²) in [6.45, 7) is 3.63. The smallest absolute Gasteiger partial charge is 0.292 e. The molecular weight excluding hydrogens is 192 g/mol. The van der Waals surface area contributed by atoms with Gasteiger partial charge in [-0.2, -0.15) is 5.10 Å². The van der Waals surface area contributed by atoms with Crippen LogP contribution in [0.5, 0.6) is 0 Å². The van der Waals surface area contributed by atoms with E-state index in [1.807, 2.05) is 30.3 Å². The number of para-hydroxylation sites is 1. The average molecular weight is 202 g/mol. The molecule has 1 heterocycles. The average Bonchev–Trinajstić information content (AvgIpc) is 2.58. The first kappa shape index (κ1) is 9.26. The number of benzene rings is 1. The molecule has 5 nitrogen and oxygen atoms in total. The fourth-order valence-electron chi connectivity index (χ4n) is 1.14. The van der Waals surface area contributed by atoms with Crippen molar-refractivity contribution in [2.24, 2.45) is 5.10 Å². The van der Waals surface area contributed by atoms with E-state index < -0.39 is 0 Å². The zero-order valence-electron chi connectivity index (χ0n) is 7.95. The van der Waals surface area contributed by atoms with E-state index in [9.17, 15) is 4.79 Å². The van der Waals surface area contributed by atoms with Gasteiger partial charge in [0.2, 0.25) is 0 Å². The zero-order valence-corrected chi connectivity index (χ0v) is 7.95. The summed E-state index contributed by atoms with van der Waals surface area (Å²) >= 11 is 0. The van der Waals surface area contributed by atoms with Crippen LogP contribution in [0.2, 0.25) is 0 Å². The summed E-state index contributed by atoms with van der Waals surface area (Å²) in [6.07, 6.45) is 0. The van der Waals surface area contributed by atoms with E-state index in [-0.39, 0.29) is 11.6 Å². The van der Waals surface area contributed by atoms with Crippen LogP contribution in [0.1, 0.15) is 0 Å². The summed E-state index contributed by atoms with van der Waals surface area (Å²) in [5.41, 5.74) is 9.30. The van der Waals surface area contributed by atoms with Crippen molar-refractivity contribution in [2.75, 3.05) is 5.43 Å². The van der Waals surface area contributed by atoms with Crippen molar-refractivity contribution in [3.8, 4) is 0 Å². The van der Waals surface area contributed by atoms with Crippen LogP contribution in [-0.2, 0) is 4.79 Å². The highest BCUT2D eigenvalue weighted by atomic mass is 16.2. The van der Waals surface area contributed by atoms with Gasteiger partial charge in [0.25, 0.3) is 5.91 Å². The van der Waals surface area contributed by atoms with Gasteiger partial charge >= 0.3 is 0 Å². The van der Waals surface area contributed by atoms with E-state index in [4.69, 9.17) is 0 Å². The normalized spacial score (nSPS) is 17.5. The maximum Gasteiger partial charge on any atom is 0.292 e. The Labute approximate surface area is 86.8 Å². The molecule has 0 aliphatic carbocycles. The van der Waals surface area contributed by atoms with Crippen LogP contribution >= 0.6 is 0 Å². The molecule has 1 aliphatic heterocycles. The Morgan fingerprint density at radius 2 is 1.93 bits per heavy atom. The van der Waals surface area contributed by atoms with E-state index in [1.54, 1.807) is 0 Å². The van der Waals surface area contributed by atoms with Crippen molar-refractivity contribution in [1.29, 1.82) is 0 Å². The molecule has 0 unspecified atom stereocenters. The highest BCUT2D eigenvalue weighted by Crippen LogP contribution is 2.06. The molecule has 2 rings (SSSR count). The summed E-state index contributed by atoms with van der Waals surface area (Å²) < 4.78 is 0. The van der Waals surface area contributed by atoms with Gasteiger partial charge in [0.1, 0.15) is 0 Å². The monoisotopic (exact) mass is 202 g/mol. The number of carbonyl (C=O) groups is 1. The Bertz CT molecular complexity index is 406. The number of hydrogen-bond donors (Lipinski definition) is 3. The van der Waals surface area contributed by atoms with Gasteiger partial charge in [-0.15, -0.1) is 0 Å². The van der Waals surface area contributed by atoms with Gasteiger partial charge in [0, 0.05) is 0 Å². The lowest BCUT2D eigenvalue weighted by Crippen LogP contribution is -2.25. The second kappa shape index (κ2) is 3.83. The molecule has 5 heteroatoms. The predicted molar refractivity (Wildman–Crippen MR) is 57.9 cm³/mol. The Kier molecular flexibility index (Phi) is 2.37. The standard InChI is InChI=1S/C10H10N4O/c1-7-9(10(15)14-11-7)13-12-8-5-3-2-4-6-8/h2-6,11-12H,1H2,(H,14,15)/b13-9+. The minimum Gasteiger partial charge on any atom is -0.296 e. The number of hydrazone groups is 1. The molecule has 0 radical (unpaired) electrons. The van der Waals surface area contributed by atoms with Crippen LogP contribution < -0.4 is 16.3 Å². The minimum absolute atomic E-state index is 0.263. The number of hydrazine groups is 1. The van der Waals surface area contributed by atoms with Crippen molar-refractivity contribution in [2.45, 2.75) is 0 Å². The Balaban J connectivity index is 2.12. The third-order valence-electron chi connectivity index (χ3n) is 1.90. The quantitative estimate of drug-likeness (QED) is 0.615. The Hall–Kier alpha value is -2.30. The highest BCUT2D eigenvalue weighted by Gasteiger charge is 2.21. The molecule has 15 heavy (non-hydrogen) atoms. The predicted octanol–water partition coefficient (Wildman–Crippen LogP) is 0.603. The minimum atomic E-state index is -0.288. The van der Waals surface area contributed by atoms with E-state index in [0.717, 1.165) is 5.69 Å². The van der Waals surface area contributed by atoms with Gasteiger partial charge < -0.3 is 0 Å². The number of hydrogen-bond acceptors (Lipinski definition) is 4. The van der Waals surface area contributed by atoms with Gasteiger partial charge in [-0.25, -0.2) is 0 Å². The summed E-state index contributed by atoms with van der Waals surface area (Å²) in [4.78, 5) is 11.2. The molecule has 1 fully saturated rings. The molecule has 0 atom stereocenters. The van der Waals surface area contributed by atoms with Gasteiger partial charge in [0.05, 0.1) is 11.4 Å². The molecule has 0 spiro atoms. The van der Waals surface area contributed by atoms with Crippen LogP contribution in [0, 0.1) is 0 Å². The maximum absolute atomic E-state index is 11.2. The molecule has 1 saturated heterocycles.